The maximum Gasteiger partial charge on any atom is 0.0745 e. The zero-order valence-corrected chi connectivity index (χ0v) is 14.6. The smallest absolute Gasteiger partial charge is 0.0745 e. The van der Waals surface area contributed by atoms with Gasteiger partial charge in [-0.15, -0.1) is 0 Å². The highest BCUT2D eigenvalue weighted by atomic mass is 16.5. The highest BCUT2D eigenvalue weighted by Crippen LogP contribution is 2.50. The minimum Gasteiger partial charge on any atom is -0.396 e. The van der Waals surface area contributed by atoms with Gasteiger partial charge in [-0.25, -0.2) is 0 Å². The Labute approximate surface area is 145 Å². The van der Waals surface area contributed by atoms with Gasteiger partial charge in [0.05, 0.1) is 18.8 Å². The van der Waals surface area contributed by atoms with Gasteiger partial charge in [-0.3, -0.25) is 4.90 Å². The van der Waals surface area contributed by atoms with Gasteiger partial charge < -0.3 is 14.9 Å². The normalized spacial score (nSPS) is 23.9. The number of aliphatic hydroxyl groups is 2. The molecule has 0 radical (unpaired) electrons. The molecule has 0 amide bonds. The van der Waals surface area contributed by atoms with Crippen LogP contribution in [0.5, 0.6) is 0 Å². The molecule has 2 N–H and O–H groups in total. The number of hydrogen-bond acceptors (Lipinski definition) is 4. The fourth-order valence-electron chi connectivity index (χ4n) is 4.71. The number of nitrogens with zero attached hydrogens (tertiary/aromatic N) is 1. The van der Waals surface area contributed by atoms with Crippen LogP contribution >= 0.6 is 0 Å². The van der Waals surface area contributed by atoms with Crippen LogP contribution in [0.2, 0.25) is 0 Å². The molecule has 1 saturated heterocycles. The Morgan fingerprint density at radius 2 is 1.71 bits per heavy atom. The molecule has 1 unspecified atom stereocenters. The third kappa shape index (κ3) is 3.52. The number of benzene rings is 1. The summed E-state index contributed by atoms with van der Waals surface area (Å²) in [5.74, 6) is 0. The van der Waals surface area contributed by atoms with Crippen LogP contribution < -0.4 is 0 Å². The average Bonchev–Trinajstić information content (AvgIpc) is 3.08. The second kappa shape index (κ2) is 7.96. The van der Waals surface area contributed by atoms with E-state index in [0.29, 0.717) is 6.42 Å². The molecule has 1 aromatic rings. The molecule has 4 nitrogen and oxygen atoms in total. The third-order valence-corrected chi connectivity index (χ3v) is 6.14. The zero-order chi connectivity index (χ0) is 16.9. The average molecular weight is 333 g/mol. The van der Waals surface area contributed by atoms with Crippen molar-refractivity contribution in [3.05, 3.63) is 35.9 Å². The van der Waals surface area contributed by atoms with Crippen LogP contribution in [0.25, 0.3) is 0 Å². The van der Waals surface area contributed by atoms with Crippen molar-refractivity contribution in [1.82, 2.24) is 4.90 Å². The van der Waals surface area contributed by atoms with Crippen LogP contribution in [0.1, 0.15) is 44.1 Å². The van der Waals surface area contributed by atoms with Crippen LogP contribution in [0.4, 0.5) is 0 Å². The number of aliphatic hydroxyl groups excluding tert-OH is 1. The Hall–Kier alpha value is -0.940. The maximum atomic E-state index is 11.6. The monoisotopic (exact) mass is 333 g/mol. The van der Waals surface area contributed by atoms with Crippen molar-refractivity contribution in [2.24, 2.45) is 0 Å². The molecule has 2 aliphatic rings. The molecule has 1 heterocycles. The Morgan fingerprint density at radius 3 is 2.33 bits per heavy atom. The van der Waals surface area contributed by atoms with Gasteiger partial charge in [0.1, 0.15) is 0 Å². The summed E-state index contributed by atoms with van der Waals surface area (Å²) in [4.78, 5) is 2.43. The van der Waals surface area contributed by atoms with Crippen LogP contribution in [0.3, 0.4) is 0 Å². The first kappa shape index (κ1) is 17.9. The minimum absolute atomic E-state index is 0.111. The molecule has 1 aliphatic heterocycles. The van der Waals surface area contributed by atoms with Gasteiger partial charge in [-0.05, 0) is 37.8 Å². The van der Waals surface area contributed by atoms with Gasteiger partial charge in [0, 0.05) is 25.1 Å². The minimum atomic E-state index is -0.705. The van der Waals surface area contributed by atoms with E-state index in [-0.39, 0.29) is 12.0 Å². The summed E-state index contributed by atoms with van der Waals surface area (Å²) in [6.07, 6.45) is 5.34. The predicted molar refractivity (Wildman–Crippen MR) is 95.1 cm³/mol. The Bertz CT molecular complexity index is 495. The molecule has 4 heteroatoms. The fraction of sp³-hybridized carbons (Fsp3) is 0.700. The summed E-state index contributed by atoms with van der Waals surface area (Å²) in [5.41, 5.74) is 0.109. The Kier molecular flexibility index (Phi) is 5.93. The van der Waals surface area contributed by atoms with E-state index in [0.717, 1.165) is 65.0 Å². The van der Waals surface area contributed by atoms with Crippen LogP contribution in [-0.2, 0) is 10.2 Å². The molecule has 134 valence electrons. The predicted octanol–water partition coefficient (Wildman–Crippen LogP) is 2.33. The van der Waals surface area contributed by atoms with E-state index in [4.69, 9.17) is 4.74 Å². The van der Waals surface area contributed by atoms with E-state index in [1.807, 2.05) is 6.07 Å². The molecular weight excluding hydrogens is 302 g/mol. The van der Waals surface area contributed by atoms with E-state index in [1.54, 1.807) is 0 Å². The molecular formula is C20H31NO3. The lowest BCUT2D eigenvalue weighted by Crippen LogP contribution is -2.52. The summed E-state index contributed by atoms with van der Waals surface area (Å²) >= 11 is 0. The molecule has 24 heavy (non-hydrogen) atoms. The van der Waals surface area contributed by atoms with Gasteiger partial charge in [0.15, 0.2) is 0 Å². The van der Waals surface area contributed by atoms with E-state index in [1.165, 1.54) is 5.56 Å². The molecule has 1 saturated carbocycles. The quantitative estimate of drug-likeness (QED) is 0.804. The lowest BCUT2D eigenvalue weighted by atomic mass is 9.62. The number of rotatable bonds is 7. The van der Waals surface area contributed by atoms with Crippen molar-refractivity contribution in [3.8, 4) is 0 Å². The van der Waals surface area contributed by atoms with E-state index in [2.05, 4.69) is 29.2 Å². The van der Waals surface area contributed by atoms with Gasteiger partial charge >= 0.3 is 0 Å². The second-order valence-corrected chi connectivity index (χ2v) is 7.36. The third-order valence-electron chi connectivity index (χ3n) is 6.14. The summed E-state index contributed by atoms with van der Waals surface area (Å²) < 4.78 is 5.45. The molecule has 1 aliphatic carbocycles. The van der Waals surface area contributed by atoms with Crippen LogP contribution in [0, 0.1) is 0 Å². The second-order valence-electron chi connectivity index (χ2n) is 7.36. The molecule has 3 rings (SSSR count). The van der Waals surface area contributed by atoms with E-state index in [9.17, 15) is 10.2 Å². The Morgan fingerprint density at radius 1 is 1.04 bits per heavy atom. The summed E-state index contributed by atoms with van der Waals surface area (Å²) in [7, 11) is 0. The number of morpholine rings is 1. The van der Waals surface area contributed by atoms with Crippen molar-refractivity contribution in [2.75, 3.05) is 39.5 Å². The largest absolute Gasteiger partial charge is 0.396 e. The lowest BCUT2D eigenvalue weighted by molar-refractivity contribution is -0.0560. The topological polar surface area (TPSA) is 52.9 Å². The van der Waals surface area contributed by atoms with Crippen LogP contribution in [0.15, 0.2) is 30.3 Å². The Balaban J connectivity index is 1.88. The number of ether oxygens (including phenoxy) is 1. The van der Waals surface area contributed by atoms with E-state index >= 15 is 0 Å². The van der Waals surface area contributed by atoms with Gasteiger partial charge in [0.25, 0.3) is 0 Å². The molecule has 0 aromatic heterocycles. The first-order valence-electron chi connectivity index (χ1n) is 9.39. The maximum absolute atomic E-state index is 11.6. The molecule has 2 fully saturated rings. The van der Waals surface area contributed by atoms with E-state index < -0.39 is 5.60 Å². The number of hydrogen-bond donors (Lipinski definition) is 2. The van der Waals surface area contributed by atoms with Crippen molar-refractivity contribution < 1.29 is 14.9 Å². The lowest BCUT2D eigenvalue weighted by Gasteiger charge is -2.47. The molecule has 0 bridgehead atoms. The van der Waals surface area contributed by atoms with Gasteiger partial charge in [-0.1, -0.05) is 43.2 Å². The van der Waals surface area contributed by atoms with Gasteiger partial charge in [0.2, 0.25) is 0 Å². The summed E-state index contributed by atoms with van der Waals surface area (Å²) in [6, 6.07) is 10.4. The molecule has 1 aromatic carbocycles. The van der Waals surface area contributed by atoms with Crippen molar-refractivity contribution in [1.29, 1.82) is 0 Å². The first-order valence-corrected chi connectivity index (χ1v) is 9.39. The zero-order valence-electron chi connectivity index (χ0n) is 14.6. The molecule has 1 atom stereocenters. The van der Waals surface area contributed by atoms with Crippen molar-refractivity contribution >= 4 is 0 Å². The molecule has 0 spiro atoms. The highest BCUT2D eigenvalue weighted by Gasteiger charge is 2.51. The standard InChI is InChI=1S/C20H31NO3/c22-15-11-19(18-6-2-1-3-7-18,20(23)8-4-5-9-20)10-12-21-13-16-24-17-14-21/h1-3,6-7,22-23H,4-5,8-17H2. The highest BCUT2D eigenvalue weighted by molar-refractivity contribution is 5.31. The fourth-order valence-corrected chi connectivity index (χ4v) is 4.71. The SMILES string of the molecule is OCCC(CCN1CCOCC1)(c1ccccc1)C1(O)CCCC1. The van der Waals surface area contributed by atoms with Gasteiger partial charge in [-0.2, -0.15) is 0 Å². The van der Waals surface area contributed by atoms with Crippen molar-refractivity contribution in [2.45, 2.75) is 49.5 Å². The van der Waals surface area contributed by atoms with Crippen LogP contribution in [-0.4, -0.2) is 60.2 Å². The van der Waals surface area contributed by atoms with Crippen molar-refractivity contribution in [3.63, 3.8) is 0 Å². The summed E-state index contributed by atoms with van der Waals surface area (Å²) in [5, 5.41) is 21.4. The summed E-state index contributed by atoms with van der Waals surface area (Å²) in [6.45, 7) is 4.57. The first-order chi connectivity index (χ1) is 11.7.